The van der Waals surface area contributed by atoms with Crippen molar-refractivity contribution in [3.05, 3.63) is 89.2 Å². The van der Waals surface area contributed by atoms with E-state index in [2.05, 4.69) is 0 Å². The molecule has 3 aromatic carbocycles. The number of benzene rings is 3. The second kappa shape index (κ2) is 7.28. The summed E-state index contributed by atoms with van der Waals surface area (Å²) in [6.45, 7) is 2.60. The van der Waals surface area contributed by atoms with Gasteiger partial charge in [-0.15, -0.1) is 0 Å². The third-order valence-electron chi connectivity index (χ3n) is 4.00. The fourth-order valence-electron chi connectivity index (χ4n) is 2.63. The quantitative estimate of drug-likeness (QED) is 0.730. The van der Waals surface area contributed by atoms with Crippen molar-refractivity contribution in [2.45, 2.75) is 20.1 Å². The SMILES string of the molecule is Cc1cccc(-c2ccc(CN)cc2OCc2ccccc2)c1F. The van der Waals surface area contributed by atoms with Crippen LogP contribution in [0.25, 0.3) is 11.1 Å². The lowest BCUT2D eigenvalue weighted by Crippen LogP contribution is -2.01. The van der Waals surface area contributed by atoms with E-state index in [0.29, 0.717) is 30.0 Å². The van der Waals surface area contributed by atoms with Crippen molar-refractivity contribution in [1.82, 2.24) is 0 Å². The van der Waals surface area contributed by atoms with Crippen LogP contribution in [0.5, 0.6) is 5.75 Å². The van der Waals surface area contributed by atoms with Crippen LogP contribution in [0.4, 0.5) is 4.39 Å². The third kappa shape index (κ3) is 3.47. The van der Waals surface area contributed by atoms with E-state index >= 15 is 0 Å². The maximum Gasteiger partial charge on any atom is 0.134 e. The van der Waals surface area contributed by atoms with Crippen molar-refractivity contribution in [3.8, 4) is 16.9 Å². The van der Waals surface area contributed by atoms with Crippen molar-refractivity contribution in [2.24, 2.45) is 5.73 Å². The molecular weight excluding hydrogens is 301 g/mol. The minimum absolute atomic E-state index is 0.220. The van der Waals surface area contributed by atoms with E-state index in [1.54, 1.807) is 19.1 Å². The highest BCUT2D eigenvalue weighted by Crippen LogP contribution is 2.34. The van der Waals surface area contributed by atoms with Crippen LogP contribution in [0, 0.1) is 12.7 Å². The van der Waals surface area contributed by atoms with E-state index in [4.69, 9.17) is 10.5 Å². The Hall–Kier alpha value is -2.65. The number of hydrogen-bond donors (Lipinski definition) is 1. The highest BCUT2D eigenvalue weighted by atomic mass is 19.1. The molecule has 3 aromatic rings. The normalized spacial score (nSPS) is 10.6. The second-order valence-electron chi connectivity index (χ2n) is 5.75. The van der Waals surface area contributed by atoms with Crippen molar-refractivity contribution in [2.75, 3.05) is 0 Å². The first-order valence-electron chi connectivity index (χ1n) is 7.94. The summed E-state index contributed by atoms with van der Waals surface area (Å²) in [7, 11) is 0. The summed E-state index contributed by atoms with van der Waals surface area (Å²) < 4.78 is 20.5. The Bertz CT molecular complexity index is 830. The maximum atomic E-state index is 14.5. The van der Waals surface area contributed by atoms with E-state index in [0.717, 1.165) is 16.7 Å². The topological polar surface area (TPSA) is 35.2 Å². The number of aryl methyl sites for hydroxylation is 1. The predicted molar refractivity (Wildman–Crippen MR) is 95.2 cm³/mol. The lowest BCUT2D eigenvalue weighted by atomic mass is 10.00. The molecule has 0 fully saturated rings. The number of rotatable bonds is 5. The summed E-state index contributed by atoms with van der Waals surface area (Å²) in [5.74, 6) is 0.425. The van der Waals surface area contributed by atoms with Gasteiger partial charge in [-0.05, 0) is 29.7 Å². The van der Waals surface area contributed by atoms with Crippen molar-refractivity contribution < 1.29 is 9.13 Å². The molecule has 0 unspecified atom stereocenters. The minimum Gasteiger partial charge on any atom is -0.488 e. The third-order valence-corrected chi connectivity index (χ3v) is 4.00. The molecule has 0 aliphatic heterocycles. The smallest absolute Gasteiger partial charge is 0.134 e. The van der Waals surface area contributed by atoms with Crippen LogP contribution in [0.3, 0.4) is 0 Å². The molecule has 0 saturated carbocycles. The Kier molecular flexibility index (Phi) is 4.92. The predicted octanol–water partition coefficient (Wildman–Crippen LogP) is 4.84. The van der Waals surface area contributed by atoms with Gasteiger partial charge in [0.2, 0.25) is 0 Å². The molecule has 2 N–H and O–H groups in total. The first-order valence-corrected chi connectivity index (χ1v) is 7.94. The van der Waals surface area contributed by atoms with Crippen LogP contribution in [0.2, 0.25) is 0 Å². The first-order chi connectivity index (χ1) is 11.7. The van der Waals surface area contributed by atoms with E-state index in [-0.39, 0.29) is 5.82 Å². The highest BCUT2D eigenvalue weighted by Gasteiger charge is 2.13. The van der Waals surface area contributed by atoms with Gasteiger partial charge in [-0.3, -0.25) is 0 Å². The Morgan fingerprint density at radius 1 is 0.875 bits per heavy atom. The summed E-state index contributed by atoms with van der Waals surface area (Å²) >= 11 is 0. The van der Waals surface area contributed by atoms with E-state index < -0.39 is 0 Å². The molecular formula is C21H20FNO. The summed E-state index contributed by atoms with van der Waals surface area (Å²) in [5, 5.41) is 0. The summed E-state index contributed by atoms with van der Waals surface area (Å²) in [6.07, 6.45) is 0. The fraction of sp³-hybridized carbons (Fsp3) is 0.143. The zero-order valence-corrected chi connectivity index (χ0v) is 13.6. The molecule has 3 heteroatoms. The Labute approximate surface area is 141 Å². The van der Waals surface area contributed by atoms with Gasteiger partial charge < -0.3 is 10.5 Å². The van der Waals surface area contributed by atoms with Gasteiger partial charge in [-0.1, -0.05) is 60.7 Å². The standard InChI is InChI=1S/C21H20FNO/c1-15-6-5-9-19(21(15)22)18-11-10-17(13-23)12-20(18)24-14-16-7-3-2-4-8-16/h2-12H,13-14,23H2,1H3. The van der Waals surface area contributed by atoms with Crippen LogP contribution in [-0.4, -0.2) is 0 Å². The maximum absolute atomic E-state index is 14.5. The van der Waals surface area contributed by atoms with Gasteiger partial charge in [0.05, 0.1) is 0 Å². The minimum atomic E-state index is -0.220. The van der Waals surface area contributed by atoms with E-state index in [9.17, 15) is 4.39 Å². The fourth-order valence-corrected chi connectivity index (χ4v) is 2.63. The van der Waals surface area contributed by atoms with Crippen molar-refractivity contribution in [3.63, 3.8) is 0 Å². The summed E-state index contributed by atoms with van der Waals surface area (Å²) in [6, 6.07) is 21.0. The summed E-state index contributed by atoms with van der Waals surface area (Å²) in [5.41, 5.74) is 9.65. The summed E-state index contributed by atoms with van der Waals surface area (Å²) in [4.78, 5) is 0. The molecule has 0 radical (unpaired) electrons. The van der Waals surface area contributed by atoms with Crippen molar-refractivity contribution >= 4 is 0 Å². The Morgan fingerprint density at radius 2 is 1.67 bits per heavy atom. The van der Waals surface area contributed by atoms with E-state index in [1.807, 2.05) is 54.6 Å². The van der Waals surface area contributed by atoms with Crippen LogP contribution in [-0.2, 0) is 13.2 Å². The Morgan fingerprint density at radius 3 is 2.42 bits per heavy atom. The van der Waals surface area contributed by atoms with Gasteiger partial charge in [-0.2, -0.15) is 0 Å². The Balaban J connectivity index is 1.98. The largest absolute Gasteiger partial charge is 0.488 e. The second-order valence-corrected chi connectivity index (χ2v) is 5.75. The number of halogens is 1. The molecule has 0 atom stereocenters. The molecule has 24 heavy (non-hydrogen) atoms. The molecule has 3 rings (SSSR count). The van der Waals surface area contributed by atoms with Crippen LogP contribution in [0.15, 0.2) is 66.7 Å². The van der Waals surface area contributed by atoms with Gasteiger partial charge >= 0.3 is 0 Å². The van der Waals surface area contributed by atoms with Gasteiger partial charge in [0.1, 0.15) is 18.2 Å². The molecule has 2 nitrogen and oxygen atoms in total. The lowest BCUT2D eigenvalue weighted by molar-refractivity contribution is 0.307. The molecule has 0 amide bonds. The number of ether oxygens (including phenoxy) is 1. The molecule has 122 valence electrons. The molecule has 0 aromatic heterocycles. The monoisotopic (exact) mass is 321 g/mol. The molecule has 0 saturated heterocycles. The van der Waals surface area contributed by atoms with Gasteiger partial charge in [0, 0.05) is 17.7 Å². The zero-order chi connectivity index (χ0) is 16.9. The average molecular weight is 321 g/mol. The zero-order valence-electron chi connectivity index (χ0n) is 13.6. The molecule has 0 spiro atoms. The van der Waals surface area contributed by atoms with Crippen LogP contribution in [0.1, 0.15) is 16.7 Å². The molecule has 0 bridgehead atoms. The number of nitrogens with two attached hydrogens (primary N) is 1. The van der Waals surface area contributed by atoms with Crippen LogP contribution < -0.4 is 10.5 Å². The van der Waals surface area contributed by atoms with Gasteiger partial charge in [0.25, 0.3) is 0 Å². The molecule has 0 aliphatic rings. The molecule has 0 heterocycles. The lowest BCUT2D eigenvalue weighted by Gasteiger charge is -2.14. The molecule has 0 aliphatic carbocycles. The number of hydrogen-bond acceptors (Lipinski definition) is 2. The van der Waals surface area contributed by atoms with Gasteiger partial charge in [-0.25, -0.2) is 4.39 Å². The van der Waals surface area contributed by atoms with Crippen LogP contribution >= 0.6 is 0 Å². The highest BCUT2D eigenvalue weighted by molar-refractivity contribution is 5.72. The van der Waals surface area contributed by atoms with Crippen molar-refractivity contribution in [1.29, 1.82) is 0 Å². The van der Waals surface area contributed by atoms with E-state index in [1.165, 1.54) is 0 Å². The average Bonchev–Trinajstić information content (AvgIpc) is 2.63. The first kappa shape index (κ1) is 16.2. The van der Waals surface area contributed by atoms with Gasteiger partial charge in [0.15, 0.2) is 0 Å².